The van der Waals surface area contributed by atoms with E-state index in [-0.39, 0.29) is 11.9 Å². The Labute approximate surface area is 159 Å². The molecule has 1 fully saturated rings. The summed E-state index contributed by atoms with van der Waals surface area (Å²) in [5, 5.41) is 0. The lowest BCUT2D eigenvalue weighted by molar-refractivity contribution is 0.264. The maximum Gasteiger partial charge on any atom is 0.148 e. The van der Waals surface area contributed by atoms with Crippen LogP contribution in [0.1, 0.15) is 37.1 Å². The highest BCUT2D eigenvalue weighted by atomic mass is 79.9. The highest BCUT2D eigenvalue weighted by Gasteiger charge is 2.35. The lowest BCUT2D eigenvalue weighted by Gasteiger charge is -2.34. The highest BCUT2D eigenvalue weighted by molar-refractivity contribution is 9.10. The Morgan fingerprint density at radius 3 is 2.73 bits per heavy atom. The van der Waals surface area contributed by atoms with E-state index in [1.807, 2.05) is 11.3 Å². The molecule has 4 rings (SSSR count). The molecular weight excluding hydrogens is 399 g/mol. The minimum absolute atomic E-state index is 0.197. The number of hydrogen-bond acceptors (Lipinski definition) is 5. The molecule has 1 saturated carbocycles. The van der Waals surface area contributed by atoms with Gasteiger partial charge in [-0.05, 0) is 54.1 Å². The number of halogens is 2. The minimum atomic E-state index is -0.564. The fraction of sp³-hybridized carbons (Fsp3) is 0.389. The third kappa shape index (κ3) is 2.91. The van der Waals surface area contributed by atoms with Crippen LogP contribution in [-0.2, 0) is 5.54 Å². The van der Waals surface area contributed by atoms with Crippen molar-refractivity contribution in [3.8, 4) is 11.4 Å². The van der Waals surface area contributed by atoms with E-state index in [2.05, 4.69) is 25.9 Å². The van der Waals surface area contributed by atoms with Crippen LogP contribution in [-0.4, -0.2) is 25.4 Å². The van der Waals surface area contributed by atoms with E-state index in [0.29, 0.717) is 15.9 Å². The third-order valence-corrected chi connectivity index (χ3v) is 5.72. The van der Waals surface area contributed by atoms with Gasteiger partial charge in [-0.3, -0.25) is 4.40 Å². The maximum absolute atomic E-state index is 13.8. The van der Waals surface area contributed by atoms with E-state index >= 15 is 0 Å². The molecule has 0 radical (unpaired) electrons. The first-order valence-corrected chi connectivity index (χ1v) is 9.38. The molecule has 0 unspecified atom stereocenters. The smallest absolute Gasteiger partial charge is 0.148 e. The Morgan fingerprint density at radius 2 is 2.00 bits per heavy atom. The molecule has 0 amide bonds. The molecule has 0 aliphatic heterocycles. The number of nitrogens with two attached hydrogens (primary N) is 2. The maximum atomic E-state index is 13.8. The van der Waals surface area contributed by atoms with Crippen LogP contribution in [0.25, 0.3) is 17.0 Å². The van der Waals surface area contributed by atoms with E-state index < -0.39 is 5.54 Å². The number of imidazole rings is 1. The SMILES string of the molecule is Cc1cnc(C2(N)CCC(N)CC2)nc1-c1cnc2cc(F)c(Br)cn12. The van der Waals surface area contributed by atoms with Gasteiger partial charge in [-0.15, -0.1) is 0 Å². The molecule has 3 aromatic rings. The monoisotopic (exact) mass is 418 g/mol. The van der Waals surface area contributed by atoms with Crippen LogP contribution < -0.4 is 11.5 Å². The Balaban J connectivity index is 1.82. The van der Waals surface area contributed by atoms with Crippen molar-refractivity contribution < 1.29 is 4.39 Å². The van der Waals surface area contributed by atoms with Crippen molar-refractivity contribution in [3.63, 3.8) is 0 Å². The molecule has 0 aromatic carbocycles. The summed E-state index contributed by atoms with van der Waals surface area (Å²) in [5.74, 6) is 0.273. The summed E-state index contributed by atoms with van der Waals surface area (Å²) in [5.41, 5.74) is 15.0. The Bertz CT molecular complexity index is 977. The number of hydrogen-bond donors (Lipinski definition) is 2. The second kappa shape index (κ2) is 6.37. The van der Waals surface area contributed by atoms with Crippen molar-refractivity contribution in [2.24, 2.45) is 11.5 Å². The molecule has 4 N–H and O–H groups in total. The summed E-state index contributed by atoms with van der Waals surface area (Å²) in [7, 11) is 0. The molecule has 8 heteroatoms. The van der Waals surface area contributed by atoms with E-state index in [0.717, 1.165) is 42.6 Å². The first-order chi connectivity index (χ1) is 12.4. The zero-order valence-corrected chi connectivity index (χ0v) is 16.0. The lowest BCUT2D eigenvalue weighted by Crippen LogP contribution is -2.45. The van der Waals surface area contributed by atoms with E-state index in [1.54, 1.807) is 18.6 Å². The molecule has 3 heterocycles. The summed E-state index contributed by atoms with van der Waals surface area (Å²) in [4.78, 5) is 13.6. The van der Waals surface area contributed by atoms with Crippen molar-refractivity contribution in [2.75, 3.05) is 0 Å². The lowest BCUT2D eigenvalue weighted by atomic mass is 9.79. The summed E-state index contributed by atoms with van der Waals surface area (Å²) < 4.78 is 16.0. The molecule has 0 saturated heterocycles. The zero-order valence-electron chi connectivity index (χ0n) is 14.4. The topological polar surface area (TPSA) is 95.1 Å². The highest BCUT2D eigenvalue weighted by Crippen LogP contribution is 2.34. The molecule has 0 atom stereocenters. The molecule has 3 aromatic heterocycles. The quantitative estimate of drug-likeness (QED) is 0.666. The van der Waals surface area contributed by atoms with Gasteiger partial charge in [0, 0.05) is 24.5 Å². The summed E-state index contributed by atoms with van der Waals surface area (Å²) in [6.45, 7) is 1.94. The largest absolute Gasteiger partial charge is 0.328 e. The van der Waals surface area contributed by atoms with E-state index in [4.69, 9.17) is 16.5 Å². The standard InChI is InChI=1S/C18H20BrFN6/c1-10-7-24-17(18(22)4-2-11(21)3-5-18)25-16(10)14-8-23-15-6-13(20)12(19)9-26(14)15/h6-9,11H,2-5,21-22H2,1H3. The first kappa shape index (κ1) is 17.5. The van der Waals surface area contributed by atoms with Crippen LogP contribution in [0.3, 0.4) is 0 Å². The molecule has 6 nitrogen and oxygen atoms in total. The number of pyridine rings is 1. The van der Waals surface area contributed by atoms with Crippen LogP contribution in [0.5, 0.6) is 0 Å². The van der Waals surface area contributed by atoms with Crippen molar-refractivity contribution in [1.82, 2.24) is 19.4 Å². The Hall–Kier alpha value is -1.90. The molecule has 0 bridgehead atoms. The van der Waals surface area contributed by atoms with Gasteiger partial charge in [0.05, 0.1) is 27.6 Å². The summed E-state index contributed by atoms with van der Waals surface area (Å²) >= 11 is 3.23. The van der Waals surface area contributed by atoms with Gasteiger partial charge < -0.3 is 11.5 Å². The van der Waals surface area contributed by atoms with Crippen LogP contribution in [0.15, 0.2) is 29.1 Å². The van der Waals surface area contributed by atoms with Crippen LogP contribution in [0, 0.1) is 12.7 Å². The van der Waals surface area contributed by atoms with Gasteiger partial charge in [-0.2, -0.15) is 0 Å². The second-order valence-electron chi connectivity index (χ2n) is 7.06. The first-order valence-electron chi connectivity index (χ1n) is 8.58. The average Bonchev–Trinajstić information content (AvgIpc) is 3.01. The van der Waals surface area contributed by atoms with Crippen molar-refractivity contribution in [1.29, 1.82) is 0 Å². The normalized spacial score (nSPS) is 23.5. The fourth-order valence-electron chi connectivity index (χ4n) is 3.47. The fourth-order valence-corrected chi connectivity index (χ4v) is 3.79. The Morgan fingerprint density at radius 1 is 1.27 bits per heavy atom. The van der Waals surface area contributed by atoms with Crippen LogP contribution in [0.2, 0.25) is 0 Å². The summed E-state index contributed by atoms with van der Waals surface area (Å²) in [6.07, 6.45) is 8.40. The summed E-state index contributed by atoms with van der Waals surface area (Å²) in [6, 6.07) is 1.58. The van der Waals surface area contributed by atoms with Crippen molar-refractivity contribution in [3.05, 3.63) is 46.3 Å². The van der Waals surface area contributed by atoms with Gasteiger partial charge in [0.25, 0.3) is 0 Å². The van der Waals surface area contributed by atoms with Gasteiger partial charge in [0.15, 0.2) is 0 Å². The van der Waals surface area contributed by atoms with Gasteiger partial charge in [-0.1, -0.05) is 0 Å². The Kier molecular flexibility index (Phi) is 4.29. The van der Waals surface area contributed by atoms with Crippen molar-refractivity contribution >= 4 is 21.6 Å². The predicted octanol–water partition coefficient (Wildman–Crippen LogP) is 3.06. The number of fused-ring (bicyclic) bond motifs is 1. The van der Waals surface area contributed by atoms with Gasteiger partial charge in [0.2, 0.25) is 0 Å². The number of aromatic nitrogens is 4. The van der Waals surface area contributed by atoms with Gasteiger partial charge in [0.1, 0.15) is 17.3 Å². The molecule has 1 aliphatic carbocycles. The van der Waals surface area contributed by atoms with E-state index in [1.165, 1.54) is 6.07 Å². The average molecular weight is 419 g/mol. The number of aryl methyl sites for hydroxylation is 1. The van der Waals surface area contributed by atoms with Gasteiger partial charge in [-0.25, -0.2) is 19.3 Å². The zero-order chi connectivity index (χ0) is 18.5. The van der Waals surface area contributed by atoms with Crippen LogP contribution >= 0.6 is 15.9 Å². The second-order valence-corrected chi connectivity index (χ2v) is 7.91. The van der Waals surface area contributed by atoms with Gasteiger partial charge >= 0.3 is 0 Å². The molecule has 1 aliphatic rings. The third-order valence-electron chi connectivity index (χ3n) is 5.13. The molecule has 26 heavy (non-hydrogen) atoms. The molecular formula is C18H20BrFN6. The molecule has 136 valence electrons. The predicted molar refractivity (Wildman–Crippen MR) is 101 cm³/mol. The van der Waals surface area contributed by atoms with Crippen LogP contribution in [0.4, 0.5) is 4.39 Å². The number of nitrogens with zero attached hydrogens (tertiary/aromatic N) is 4. The van der Waals surface area contributed by atoms with Crippen molar-refractivity contribution in [2.45, 2.75) is 44.2 Å². The van der Waals surface area contributed by atoms with E-state index in [9.17, 15) is 4.39 Å². The number of rotatable bonds is 2. The molecule has 0 spiro atoms. The minimum Gasteiger partial charge on any atom is -0.328 e.